The molecule has 14 heavy (non-hydrogen) atoms. The number of fused-ring (bicyclic) bond motifs is 1. The summed E-state index contributed by atoms with van der Waals surface area (Å²) in [6.07, 6.45) is 0. The molecule has 1 unspecified atom stereocenters. The summed E-state index contributed by atoms with van der Waals surface area (Å²) in [5, 5.41) is 0. The first-order valence-electron chi connectivity index (χ1n) is 4.65. The van der Waals surface area contributed by atoms with Gasteiger partial charge in [0.25, 0.3) is 0 Å². The fourth-order valence-electron chi connectivity index (χ4n) is 2.33. The highest BCUT2D eigenvalue weighted by molar-refractivity contribution is 9.10. The number of benzene rings is 1. The molecule has 0 radical (unpaired) electrons. The van der Waals surface area contributed by atoms with E-state index in [1.807, 2.05) is 18.2 Å². The monoisotopic (exact) mass is 252 g/mol. The van der Waals surface area contributed by atoms with E-state index in [-0.39, 0.29) is 5.97 Å². The van der Waals surface area contributed by atoms with Crippen LogP contribution in [0.3, 0.4) is 0 Å². The molecule has 1 aliphatic carbocycles. The van der Waals surface area contributed by atoms with Crippen molar-refractivity contribution in [2.75, 3.05) is 6.61 Å². The van der Waals surface area contributed by atoms with E-state index in [0.717, 1.165) is 0 Å². The van der Waals surface area contributed by atoms with Crippen molar-refractivity contribution in [2.45, 2.75) is 10.2 Å². The molecule has 0 bridgehead atoms. The summed E-state index contributed by atoms with van der Waals surface area (Å²) in [4.78, 5) is 11.5. The average molecular weight is 253 g/mol. The summed E-state index contributed by atoms with van der Waals surface area (Å²) in [5.74, 6) is 0.540. The Morgan fingerprint density at radius 2 is 2.07 bits per heavy atom. The lowest BCUT2D eigenvalue weighted by atomic mass is 10.1. The third kappa shape index (κ3) is 0.883. The van der Waals surface area contributed by atoms with Gasteiger partial charge in [-0.05, 0) is 5.56 Å². The second-order valence-electron chi connectivity index (χ2n) is 3.86. The van der Waals surface area contributed by atoms with Crippen molar-refractivity contribution in [3.63, 3.8) is 0 Å². The maximum atomic E-state index is 11.5. The minimum atomic E-state index is -0.408. The Kier molecular flexibility index (Phi) is 1.57. The molecule has 3 atom stereocenters. The normalized spacial score (nSPS) is 39.1. The largest absolute Gasteiger partial charge is 0.464 e. The number of halogens is 1. The highest BCUT2D eigenvalue weighted by Gasteiger charge is 2.73. The minimum Gasteiger partial charge on any atom is -0.464 e. The van der Waals surface area contributed by atoms with Gasteiger partial charge in [0.15, 0.2) is 0 Å². The van der Waals surface area contributed by atoms with Gasteiger partial charge in [-0.25, -0.2) is 0 Å². The molecule has 2 fully saturated rings. The van der Waals surface area contributed by atoms with Gasteiger partial charge in [0.1, 0.15) is 4.32 Å². The third-order valence-electron chi connectivity index (χ3n) is 3.15. The van der Waals surface area contributed by atoms with Crippen LogP contribution >= 0.6 is 15.9 Å². The lowest BCUT2D eigenvalue weighted by Crippen LogP contribution is -2.16. The molecule has 2 aliphatic rings. The molecule has 1 aliphatic heterocycles. The Morgan fingerprint density at radius 1 is 1.36 bits per heavy atom. The molecular weight excluding hydrogens is 244 g/mol. The molecule has 1 saturated heterocycles. The van der Waals surface area contributed by atoms with Crippen molar-refractivity contribution in [1.29, 1.82) is 0 Å². The van der Waals surface area contributed by atoms with Crippen LogP contribution in [0.15, 0.2) is 30.3 Å². The Morgan fingerprint density at radius 3 is 2.64 bits per heavy atom. The fourth-order valence-corrected chi connectivity index (χ4v) is 3.29. The molecule has 3 heteroatoms. The van der Waals surface area contributed by atoms with Crippen LogP contribution in [0.1, 0.15) is 11.5 Å². The maximum Gasteiger partial charge on any atom is 0.323 e. The van der Waals surface area contributed by atoms with Crippen LogP contribution in [0.4, 0.5) is 0 Å². The van der Waals surface area contributed by atoms with Crippen molar-refractivity contribution in [3.05, 3.63) is 35.9 Å². The van der Waals surface area contributed by atoms with Gasteiger partial charge >= 0.3 is 5.97 Å². The highest BCUT2D eigenvalue weighted by atomic mass is 79.9. The van der Waals surface area contributed by atoms with Crippen LogP contribution in [0.25, 0.3) is 0 Å². The standard InChI is InChI=1S/C11H9BrO2/c12-11-8(6-14-10(11)13)9(11)7-4-2-1-3-5-7/h1-5,8-9H,6H2/t8?,9-,11+/m0/s1. The van der Waals surface area contributed by atoms with Crippen molar-refractivity contribution < 1.29 is 9.53 Å². The molecule has 0 N–H and O–H groups in total. The molecule has 72 valence electrons. The zero-order chi connectivity index (χ0) is 9.76. The number of carbonyl (C=O) groups excluding carboxylic acids is 1. The first-order chi connectivity index (χ1) is 6.74. The first-order valence-corrected chi connectivity index (χ1v) is 5.45. The number of carbonyl (C=O) groups is 1. The summed E-state index contributed by atoms with van der Waals surface area (Å²) in [5.41, 5.74) is 1.23. The second kappa shape index (κ2) is 2.60. The predicted octanol–water partition coefficient (Wildman–Crippen LogP) is 2.09. The molecule has 2 nitrogen and oxygen atoms in total. The average Bonchev–Trinajstić information content (AvgIpc) is 2.72. The maximum absolute atomic E-state index is 11.5. The van der Waals surface area contributed by atoms with E-state index >= 15 is 0 Å². The van der Waals surface area contributed by atoms with Crippen LogP contribution in [0, 0.1) is 5.92 Å². The van der Waals surface area contributed by atoms with Crippen LogP contribution < -0.4 is 0 Å². The number of hydrogen-bond donors (Lipinski definition) is 0. The quantitative estimate of drug-likeness (QED) is 0.565. The van der Waals surface area contributed by atoms with Gasteiger partial charge in [-0.15, -0.1) is 0 Å². The number of alkyl halides is 1. The van der Waals surface area contributed by atoms with E-state index in [2.05, 4.69) is 28.1 Å². The molecule has 0 amide bonds. The topological polar surface area (TPSA) is 26.3 Å². The van der Waals surface area contributed by atoms with E-state index in [4.69, 9.17) is 4.74 Å². The van der Waals surface area contributed by atoms with E-state index in [1.165, 1.54) is 5.56 Å². The molecule has 3 rings (SSSR count). The summed E-state index contributed by atoms with van der Waals surface area (Å²) in [6.45, 7) is 0.559. The van der Waals surface area contributed by atoms with Crippen molar-refractivity contribution in [2.24, 2.45) is 5.92 Å². The molecular formula is C11H9BrO2. The van der Waals surface area contributed by atoms with Gasteiger partial charge in [0, 0.05) is 11.8 Å². The predicted molar refractivity (Wildman–Crippen MR) is 55.3 cm³/mol. The zero-order valence-corrected chi connectivity index (χ0v) is 9.03. The SMILES string of the molecule is O=C1OCC2[C@H](c3ccccc3)[C@@]12Br. The van der Waals surface area contributed by atoms with Gasteiger partial charge in [-0.1, -0.05) is 46.3 Å². The number of cyclic esters (lactones) is 1. The minimum absolute atomic E-state index is 0.101. The van der Waals surface area contributed by atoms with Crippen LogP contribution in [0.5, 0.6) is 0 Å². The van der Waals surface area contributed by atoms with Crippen molar-refractivity contribution in [1.82, 2.24) is 0 Å². The van der Waals surface area contributed by atoms with Crippen molar-refractivity contribution in [3.8, 4) is 0 Å². The first kappa shape index (κ1) is 8.48. The van der Waals surface area contributed by atoms with Gasteiger partial charge in [0.2, 0.25) is 0 Å². The Hall–Kier alpha value is -0.830. The Balaban J connectivity index is 1.96. The van der Waals surface area contributed by atoms with Gasteiger partial charge < -0.3 is 4.74 Å². The number of hydrogen-bond acceptors (Lipinski definition) is 2. The fraction of sp³-hybridized carbons (Fsp3) is 0.364. The Bertz CT molecular complexity index is 390. The summed E-state index contributed by atoms with van der Waals surface area (Å²) in [6, 6.07) is 10.1. The van der Waals surface area contributed by atoms with Gasteiger partial charge in [0.05, 0.1) is 6.61 Å². The van der Waals surface area contributed by atoms with E-state index in [0.29, 0.717) is 18.4 Å². The number of rotatable bonds is 1. The van der Waals surface area contributed by atoms with Gasteiger partial charge in [-0.2, -0.15) is 0 Å². The lowest BCUT2D eigenvalue weighted by molar-refractivity contribution is -0.140. The van der Waals surface area contributed by atoms with E-state index in [9.17, 15) is 4.79 Å². The van der Waals surface area contributed by atoms with Crippen molar-refractivity contribution >= 4 is 21.9 Å². The summed E-state index contributed by atoms with van der Waals surface area (Å²) < 4.78 is 4.58. The van der Waals surface area contributed by atoms with E-state index in [1.54, 1.807) is 0 Å². The summed E-state index contributed by atoms with van der Waals surface area (Å²) in [7, 11) is 0. The second-order valence-corrected chi connectivity index (χ2v) is 5.17. The lowest BCUT2D eigenvalue weighted by Gasteiger charge is -2.06. The summed E-state index contributed by atoms with van der Waals surface area (Å²) >= 11 is 3.51. The molecule has 1 aromatic carbocycles. The third-order valence-corrected chi connectivity index (χ3v) is 4.56. The Labute approximate surface area is 90.4 Å². The molecule has 0 spiro atoms. The number of ether oxygens (including phenoxy) is 1. The number of esters is 1. The van der Waals surface area contributed by atoms with Crippen LogP contribution in [-0.4, -0.2) is 16.9 Å². The molecule has 0 aromatic heterocycles. The van der Waals surface area contributed by atoms with Crippen LogP contribution in [0.2, 0.25) is 0 Å². The van der Waals surface area contributed by atoms with Gasteiger partial charge in [-0.3, -0.25) is 4.79 Å². The highest BCUT2D eigenvalue weighted by Crippen LogP contribution is 2.66. The van der Waals surface area contributed by atoms with Crippen LogP contribution in [-0.2, 0) is 9.53 Å². The molecule has 1 aromatic rings. The molecule has 1 saturated carbocycles. The molecule has 1 heterocycles. The zero-order valence-electron chi connectivity index (χ0n) is 7.44. The smallest absolute Gasteiger partial charge is 0.323 e. The van der Waals surface area contributed by atoms with E-state index < -0.39 is 4.32 Å².